The number of nitrogens with zero attached hydrogens (tertiary/aromatic N) is 2. The van der Waals surface area contributed by atoms with Gasteiger partial charge in [0.1, 0.15) is 0 Å². The number of benzene rings is 1. The van der Waals surface area contributed by atoms with Gasteiger partial charge in [0, 0.05) is 37.6 Å². The van der Waals surface area contributed by atoms with E-state index < -0.39 is 0 Å². The molecule has 1 aromatic carbocycles. The number of amides is 2. The van der Waals surface area contributed by atoms with Gasteiger partial charge in [0.25, 0.3) is 0 Å². The molecule has 2 amide bonds. The van der Waals surface area contributed by atoms with Gasteiger partial charge >= 0.3 is 0 Å². The minimum absolute atomic E-state index is 0.00732. The Kier molecular flexibility index (Phi) is 5.14. The van der Waals surface area contributed by atoms with Crippen LogP contribution in [-0.2, 0) is 9.59 Å². The Labute approximate surface area is 155 Å². The van der Waals surface area contributed by atoms with Crippen LogP contribution in [0.25, 0.3) is 0 Å². The third-order valence-electron chi connectivity index (χ3n) is 5.97. The van der Waals surface area contributed by atoms with Crippen LogP contribution < -0.4 is 10.2 Å². The standard InChI is InChI=1S/C21H29N3O2/c25-20(18-15-19(18)21(26)24-13-3-1-2-4-14-24)22-16-7-9-17(10-8-16)23-11-5-6-12-23/h7-10,18-19H,1-6,11-15H2,(H,22,25). The van der Waals surface area contributed by atoms with E-state index in [0.29, 0.717) is 6.42 Å². The molecule has 0 bridgehead atoms. The van der Waals surface area contributed by atoms with Crippen molar-refractivity contribution in [2.24, 2.45) is 11.8 Å². The Morgan fingerprint density at radius 1 is 0.808 bits per heavy atom. The Bertz CT molecular complexity index is 644. The van der Waals surface area contributed by atoms with Crippen molar-refractivity contribution in [3.63, 3.8) is 0 Å². The molecular weight excluding hydrogens is 326 g/mol. The number of likely N-dealkylation sites (tertiary alicyclic amines) is 1. The highest BCUT2D eigenvalue weighted by Gasteiger charge is 2.49. The zero-order valence-electron chi connectivity index (χ0n) is 15.5. The van der Waals surface area contributed by atoms with Gasteiger partial charge in [-0.15, -0.1) is 0 Å². The maximum atomic E-state index is 12.6. The van der Waals surface area contributed by atoms with Gasteiger partial charge in [-0.2, -0.15) is 0 Å². The molecule has 2 aliphatic heterocycles. The van der Waals surface area contributed by atoms with Crippen LogP contribution in [0, 0.1) is 11.8 Å². The van der Waals surface area contributed by atoms with Crippen LogP contribution in [-0.4, -0.2) is 42.9 Å². The molecule has 140 valence electrons. The largest absolute Gasteiger partial charge is 0.372 e. The van der Waals surface area contributed by atoms with Crippen LogP contribution in [0.2, 0.25) is 0 Å². The van der Waals surface area contributed by atoms with E-state index in [1.165, 1.54) is 31.4 Å². The zero-order valence-corrected chi connectivity index (χ0v) is 15.5. The smallest absolute Gasteiger partial charge is 0.228 e. The van der Waals surface area contributed by atoms with Crippen molar-refractivity contribution in [1.29, 1.82) is 0 Å². The van der Waals surface area contributed by atoms with E-state index in [2.05, 4.69) is 22.3 Å². The van der Waals surface area contributed by atoms with Gasteiger partial charge in [-0.25, -0.2) is 0 Å². The van der Waals surface area contributed by atoms with Crippen LogP contribution in [0.1, 0.15) is 44.9 Å². The Morgan fingerprint density at radius 2 is 1.42 bits per heavy atom. The molecular formula is C21H29N3O2. The third kappa shape index (κ3) is 3.87. The van der Waals surface area contributed by atoms with Crippen molar-refractivity contribution >= 4 is 23.2 Å². The lowest BCUT2D eigenvalue weighted by atomic mass is 10.2. The number of nitrogens with one attached hydrogen (secondary N) is 1. The molecule has 2 heterocycles. The van der Waals surface area contributed by atoms with E-state index in [4.69, 9.17) is 0 Å². The highest BCUT2D eigenvalue weighted by atomic mass is 16.2. The third-order valence-corrected chi connectivity index (χ3v) is 5.97. The molecule has 5 nitrogen and oxygen atoms in total. The van der Waals surface area contributed by atoms with Crippen molar-refractivity contribution in [3.05, 3.63) is 24.3 Å². The Hall–Kier alpha value is -2.04. The summed E-state index contributed by atoms with van der Waals surface area (Å²) in [6.45, 7) is 3.96. The minimum atomic E-state index is -0.149. The van der Waals surface area contributed by atoms with Gasteiger partial charge in [0.05, 0.1) is 11.8 Å². The summed E-state index contributed by atoms with van der Waals surface area (Å²) in [5, 5.41) is 2.99. The summed E-state index contributed by atoms with van der Waals surface area (Å²) in [5.74, 6) is -0.0653. The second-order valence-corrected chi connectivity index (χ2v) is 7.92. The van der Waals surface area contributed by atoms with Crippen LogP contribution in [0.15, 0.2) is 24.3 Å². The van der Waals surface area contributed by atoms with Gasteiger partial charge < -0.3 is 15.1 Å². The van der Waals surface area contributed by atoms with Crippen molar-refractivity contribution in [1.82, 2.24) is 4.90 Å². The highest BCUT2D eigenvalue weighted by Crippen LogP contribution is 2.41. The first kappa shape index (κ1) is 17.4. The SMILES string of the molecule is O=C(Nc1ccc(N2CCCC2)cc1)C1CC1C(=O)N1CCCCCC1. The molecule has 3 fully saturated rings. The van der Waals surface area contributed by atoms with Gasteiger partial charge in [0.2, 0.25) is 11.8 Å². The molecule has 0 aromatic heterocycles. The van der Waals surface area contributed by atoms with Crippen LogP contribution in [0.5, 0.6) is 0 Å². The zero-order chi connectivity index (χ0) is 17.9. The summed E-state index contributed by atoms with van der Waals surface area (Å²) in [7, 11) is 0. The molecule has 3 aliphatic rings. The van der Waals surface area contributed by atoms with Gasteiger partial charge in [-0.3, -0.25) is 9.59 Å². The van der Waals surface area contributed by atoms with Crippen molar-refractivity contribution in [2.75, 3.05) is 36.4 Å². The molecule has 0 radical (unpaired) electrons. The lowest BCUT2D eigenvalue weighted by Gasteiger charge is -2.20. The molecule has 1 saturated carbocycles. The van der Waals surface area contributed by atoms with Gasteiger partial charge in [-0.05, 0) is 56.4 Å². The summed E-state index contributed by atoms with van der Waals surface area (Å²) < 4.78 is 0. The van der Waals surface area contributed by atoms with E-state index in [1.54, 1.807) is 0 Å². The molecule has 1 aromatic rings. The first-order chi connectivity index (χ1) is 12.7. The van der Waals surface area contributed by atoms with Gasteiger partial charge in [0.15, 0.2) is 0 Å². The maximum absolute atomic E-state index is 12.6. The van der Waals surface area contributed by atoms with E-state index in [0.717, 1.165) is 44.7 Å². The Balaban J connectivity index is 1.29. The molecule has 1 aliphatic carbocycles. The van der Waals surface area contributed by atoms with E-state index in [9.17, 15) is 9.59 Å². The van der Waals surface area contributed by atoms with Crippen molar-refractivity contribution in [2.45, 2.75) is 44.9 Å². The fourth-order valence-corrected chi connectivity index (χ4v) is 4.25. The lowest BCUT2D eigenvalue weighted by molar-refractivity contribution is -0.134. The summed E-state index contributed by atoms with van der Waals surface area (Å²) >= 11 is 0. The molecule has 2 unspecified atom stereocenters. The Morgan fingerprint density at radius 3 is 2.08 bits per heavy atom. The van der Waals surface area contributed by atoms with Crippen molar-refractivity contribution in [3.8, 4) is 0 Å². The predicted octanol–water partition coefficient (Wildman–Crippen LogP) is 3.26. The molecule has 1 N–H and O–H groups in total. The van der Waals surface area contributed by atoms with E-state index in [-0.39, 0.29) is 23.7 Å². The monoisotopic (exact) mass is 355 g/mol. The fraction of sp³-hybridized carbons (Fsp3) is 0.619. The number of carbonyl (C=O) groups excluding carboxylic acids is 2. The number of hydrogen-bond donors (Lipinski definition) is 1. The second-order valence-electron chi connectivity index (χ2n) is 7.92. The fourth-order valence-electron chi connectivity index (χ4n) is 4.25. The first-order valence-electron chi connectivity index (χ1n) is 10.2. The van der Waals surface area contributed by atoms with Crippen LogP contribution in [0.4, 0.5) is 11.4 Å². The van der Waals surface area contributed by atoms with E-state index >= 15 is 0 Å². The van der Waals surface area contributed by atoms with Crippen LogP contribution >= 0.6 is 0 Å². The minimum Gasteiger partial charge on any atom is -0.372 e. The van der Waals surface area contributed by atoms with Crippen LogP contribution in [0.3, 0.4) is 0 Å². The average Bonchev–Trinajstić information content (AvgIpc) is 3.37. The second kappa shape index (κ2) is 7.68. The summed E-state index contributed by atoms with van der Waals surface area (Å²) in [5.41, 5.74) is 2.05. The normalized spacial score (nSPS) is 25.7. The number of anilines is 2. The predicted molar refractivity (Wildman–Crippen MR) is 103 cm³/mol. The lowest BCUT2D eigenvalue weighted by Crippen LogP contribution is -2.34. The highest BCUT2D eigenvalue weighted by molar-refractivity contribution is 5.99. The molecule has 5 heteroatoms. The van der Waals surface area contributed by atoms with Crippen molar-refractivity contribution < 1.29 is 9.59 Å². The first-order valence-corrected chi connectivity index (χ1v) is 10.2. The average molecular weight is 355 g/mol. The summed E-state index contributed by atoms with van der Waals surface area (Å²) in [6, 6.07) is 8.10. The summed E-state index contributed by atoms with van der Waals surface area (Å²) in [6.07, 6.45) is 7.83. The maximum Gasteiger partial charge on any atom is 0.228 e. The number of hydrogen-bond acceptors (Lipinski definition) is 3. The molecule has 26 heavy (non-hydrogen) atoms. The van der Waals surface area contributed by atoms with E-state index in [1.807, 2.05) is 17.0 Å². The quantitative estimate of drug-likeness (QED) is 0.902. The molecule has 4 rings (SSSR count). The van der Waals surface area contributed by atoms with Gasteiger partial charge in [-0.1, -0.05) is 12.8 Å². The molecule has 2 atom stereocenters. The number of carbonyl (C=O) groups is 2. The number of rotatable bonds is 4. The topological polar surface area (TPSA) is 52.7 Å². The summed E-state index contributed by atoms with van der Waals surface area (Å²) in [4.78, 5) is 29.5. The molecule has 2 saturated heterocycles. The molecule has 0 spiro atoms.